The topological polar surface area (TPSA) is 68.3 Å². The van der Waals surface area contributed by atoms with E-state index in [4.69, 9.17) is 19.3 Å². The molecule has 1 aliphatic rings. The van der Waals surface area contributed by atoms with Crippen LogP contribution in [0.4, 0.5) is 0 Å². The molecule has 1 aromatic rings. The van der Waals surface area contributed by atoms with E-state index in [1.165, 1.54) is 24.3 Å². The minimum Gasteiger partial charge on any atom is -0.508 e. The van der Waals surface area contributed by atoms with Crippen LogP contribution in [0, 0.1) is 0 Å². The molecule has 5 nitrogen and oxygen atoms in total. The zero-order chi connectivity index (χ0) is 14.1. The van der Waals surface area contributed by atoms with E-state index in [9.17, 15) is 4.79 Å². The fraction of sp³-hybridized carbons (Fsp3) is 0.500. The third kappa shape index (κ3) is 6.79. The molecule has 0 bridgehead atoms. The van der Waals surface area contributed by atoms with E-state index in [0.29, 0.717) is 18.8 Å². The molecule has 0 amide bonds. The molecule has 19 heavy (non-hydrogen) atoms. The minimum atomic E-state index is -0.388. The first-order chi connectivity index (χ1) is 9.17. The third-order valence-corrected chi connectivity index (χ3v) is 2.31. The Hall–Kier alpha value is -1.59. The summed E-state index contributed by atoms with van der Waals surface area (Å²) in [6.07, 6.45) is 0.0797. The maximum absolute atomic E-state index is 11.3. The van der Waals surface area contributed by atoms with Gasteiger partial charge in [0.05, 0.1) is 12.2 Å². The number of phenols is 1. The molecule has 0 radical (unpaired) electrons. The van der Waals surface area contributed by atoms with Gasteiger partial charge in [-0.25, -0.2) is 4.79 Å². The van der Waals surface area contributed by atoms with Gasteiger partial charge in [-0.1, -0.05) is 0 Å². The smallest absolute Gasteiger partial charge is 0.338 e. The van der Waals surface area contributed by atoms with E-state index in [1.54, 1.807) is 0 Å². The van der Waals surface area contributed by atoms with E-state index in [0.717, 1.165) is 13.2 Å². The predicted octanol–water partition coefficient (Wildman–Crippen LogP) is 1.99. The second-order valence-corrected chi connectivity index (χ2v) is 3.88. The van der Waals surface area contributed by atoms with E-state index < -0.39 is 0 Å². The van der Waals surface area contributed by atoms with E-state index in [-0.39, 0.29) is 17.8 Å². The van der Waals surface area contributed by atoms with Crippen LogP contribution in [0.25, 0.3) is 0 Å². The Morgan fingerprint density at radius 2 is 1.89 bits per heavy atom. The highest BCUT2D eigenvalue weighted by Crippen LogP contribution is 2.13. The number of rotatable bonds is 5. The molecule has 1 N–H and O–H groups in total. The van der Waals surface area contributed by atoms with Crippen LogP contribution in [-0.4, -0.2) is 43.6 Å². The molecule has 106 valence electrons. The van der Waals surface area contributed by atoms with Crippen molar-refractivity contribution in [3.05, 3.63) is 29.8 Å². The minimum absolute atomic E-state index is 0.0797. The molecule has 1 unspecified atom stereocenters. The van der Waals surface area contributed by atoms with Gasteiger partial charge in [-0.3, -0.25) is 0 Å². The molecule has 1 heterocycles. The SMILES string of the molecule is CCOCC.O=C(OCC1CO1)c1ccc(O)cc1. The number of carbonyl (C=O) groups excluding carboxylic acids is 1. The van der Waals surface area contributed by atoms with Crippen molar-refractivity contribution in [1.82, 2.24) is 0 Å². The van der Waals surface area contributed by atoms with Gasteiger partial charge in [-0.05, 0) is 38.1 Å². The largest absolute Gasteiger partial charge is 0.508 e. The molecule has 1 fully saturated rings. The summed E-state index contributed by atoms with van der Waals surface area (Å²) in [6, 6.07) is 5.94. The molecule has 1 saturated heterocycles. The average molecular weight is 268 g/mol. The van der Waals surface area contributed by atoms with Crippen molar-refractivity contribution < 1.29 is 24.1 Å². The van der Waals surface area contributed by atoms with Crippen molar-refractivity contribution in [3.8, 4) is 5.75 Å². The summed E-state index contributed by atoms with van der Waals surface area (Å²) in [7, 11) is 0. The molecule has 0 aliphatic carbocycles. The molecular weight excluding hydrogens is 248 g/mol. The zero-order valence-corrected chi connectivity index (χ0v) is 11.3. The predicted molar refractivity (Wildman–Crippen MR) is 70.3 cm³/mol. The summed E-state index contributed by atoms with van der Waals surface area (Å²) in [4.78, 5) is 11.3. The first-order valence-corrected chi connectivity index (χ1v) is 6.32. The molecule has 0 aromatic heterocycles. The second-order valence-electron chi connectivity index (χ2n) is 3.88. The number of hydrogen-bond donors (Lipinski definition) is 1. The van der Waals surface area contributed by atoms with Gasteiger partial charge in [-0.2, -0.15) is 0 Å². The van der Waals surface area contributed by atoms with Crippen molar-refractivity contribution in [3.63, 3.8) is 0 Å². The molecule has 1 aromatic carbocycles. The summed E-state index contributed by atoms with van der Waals surface area (Å²) in [5, 5.41) is 8.99. The first-order valence-electron chi connectivity index (χ1n) is 6.32. The Labute approximate surface area is 113 Å². The van der Waals surface area contributed by atoms with Crippen LogP contribution in [0.2, 0.25) is 0 Å². The standard InChI is InChI=1S/C10H10O4.C4H10O/c11-8-3-1-7(2-4-8)10(12)14-6-9-5-13-9;1-3-5-4-2/h1-4,9,11H,5-6H2;3-4H2,1-2H3. The van der Waals surface area contributed by atoms with Gasteiger partial charge in [-0.15, -0.1) is 0 Å². The summed E-state index contributed by atoms with van der Waals surface area (Å²) < 4.78 is 14.7. The lowest BCUT2D eigenvalue weighted by atomic mass is 10.2. The second kappa shape index (κ2) is 8.50. The number of benzene rings is 1. The lowest BCUT2D eigenvalue weighted by molar-refractivity contribution is 0.0476. The van der Waals surface area contributed by atoms with Gasteiger partial charge in [0.2, 0.25) is 0 Å². The van der Waals surface area contributed by atoms with Crippen LogP contribution < -0.4 is 0 Å². The fourth-order valence-electron chi connectivity index (χ4n) is 1.22. The molecule has 5 heteroatoms. The van der Waals surface area contributed by atoms with Crippen LogP contribution in [-0.2, 0) is 14.2 Å². The van der Waals surface area contributed by atoms with Crippen molar-refractivity contribution >= 4 is 5.97 Å². The van der Waals surface area contributed by atoms with Gasteiger partial charge in [0.25, 0.3) is 0 Å². The van der Waals surface area contributed by atoms with Gasteiger partial charge in [0, 0.05) is 13.2 Å². The van der Waals surface area contributed by atoms with Crippen LogP contribution >= 0.6 is 0 Å². The normalized spacial score (nSPS) is 16.2. The number of epoxide rings is 1. The zero-order valence-electron chi connectivity index (χ0n) is 11.3. The average Bonchev–Trinajstić information content (AvgIpc) is 3.22. The van der Waals surface area contributed by atoms with Crippen LogP contribution in [0.5, 0.6) is 5.75 Å². The maximum Gasteiger partial charge on any atom is 0.338 e. The molecular formula is C14H20O5. The molecule has 1 aliphatic heterocycles. The Kier molecular flexibility index (Phi) is 6.92. The molecule has 1 atom stereocenters. The third-order valence-electron chi connectivity index (χ3n) is 2.31. The lowest BCUT2D eigenvalue weighted by Gasteiger charge is -2.02. The molecule has 0 spiro atoms. The summed E-state index contributed by atoms with van der Waals surface area (Å²) in [5.74, 6) is -0.257. The van der Waals surface area contributed by atoms with Crippen molar-refractivity contribution in [2.75, 3.05) is 26.4 Å². The summed E-state index contributed by atoms with van der Waals surface area (Å²) in [6.45, 7) is 6.64. The highest BCUT2D eigenvalue weighted by molar-refractivity contribution is 5.89. The maximum atomic E-state index is 11.3. The molecule has 2 rings (SSSR count). The Morgan fingerprint density at radius 1 is 1.32 bits per heavy atom. The van der Waals surface area contributed by atoms with Crippen molar-refractivity contribution in [1.29, 1.82) is 0 Å². The monoisotopic (exact) mass is 268 g/mol. The number of hydrogen-bond acceptors (Lipinski definition) is 5. The van der Waals surface area contributed by atoms with Crippen molar-refractivity contribution in [2.45, 2.75) is 20.0 Å². The Bertz CT molecular complexity index is 368. The van der Waals surface area contributed by atoms with E-state index in [2.05, 4.69) is 0 Å². The van der Waals surface area contributed by atoms with Crippen LogP contribution in [0.3, 0.4) is 0 Å². The summed E-state index contributed by atoms with van der Waals surface area (Å²) >= 11 is 0. The van der Waals surface area contributed by atoms with E-state index >= 15 is 0 Å². The molecule has 0 saturated carbocycles. The van der Waals surface area contributed by atoms with Crippen LogP contribution in [0.15, 0.2) is 24.3 Å². The van der Waals surface area contributed by atoms with Gasteiger partial charge >= 0.3 is 5.97 Å². The van der Waals surface area contributed by atoms with Gasteiger partial charge in [0.15, 0.2) is 0 Å². The highest BCUT2D eigenvalue weighted by Gasteiger charge is 2.24. The lowest BCUT2D eigenvalue weighted by Crippen LogP contribution is -2.09. The van der Waals surface area contributed by atoms with Gasteiger partial charge < -0.3 is 19.3 Å². The number of esters is 1. The van der Waals surface area contributed by atoms with Crippen LogP contribution in [0.1, 0.15) is 24.2 Å². The van der Waals surface area contributed by atoms with Gasteiger partial charge in [0.1, 0.15) is 18.5 Å². The first kappa shape index (κ1) is 15.5. The van der Waals surface area contributed by atoms with E-state index in [1.807, 2.05) is 13.8 Å². The Balaban J connectivity index is 0.000000312. The number of aromatic hydroxyl groups is 1. The fourth-order valence-corrected chi connectivity index (χ4v) is 1.22. The number of ether oxygens (including phenoxy) is 3. The highest BCUT2D eigenvalue weighted by atomic mass is 16.6. The number of phenolic OH excluding ortho intramolecular Hbond substituents is 1. The Morgan fingerprint density at radius 3 is 2.32 bits per heavy atom. The van der Waals surface area contributed by atoms with Crippen molar-refractivity contribution in [2.24, 2.45) is 0 Å². The summed E-state index contributed by atoms with van der Waals surface area (Å²) in [5.41, 5.74) is 0.434. The quantitative estimate of drug-likeness (QED) is 0.653. The number of carbonyl (C=O) groups is 1.